The Labute approximate surface area is 271 Å². The SMILES string of the molecule is CCCCCCCCOc1cc2cc3oc4cc5c(cc4c3cc2cc1OCCCCCCCC)oc1cc2ccccc2cc15. The van der Waals surface area contributed by atoms with Gasteiger partial charge in [0.1, 0.15) is 22.3 Å². The fourth-order valence-corrected chi connectivity index (χ4v) is 6.84. The first-order valence-corrected chi connectivity index (χ1v) is 17.7. The molecule has 46 heavy (non-hydrogen) atoms. The molecule has 0 bridgehead atoms. The average Bonchev–Trinajstić information content (AvgIpc) is 3.60. The molecule has 0 radical (unpaired) electrons. The predicted molar refractivity (Wildman–Crippen MR) is 194 cm³/mol. The zero-order valence-corrected chi connectivity index (χ0v) is 27.5. The van der Waals surface area contributed by atoms with Gasteiger partial charge in [-0.1, -0.05) is 102 Å². The van der Waals surface area contributed by atoms with Gasteiger partial charge < -0.3 is 18.3 Å². The minimum Gasteiger partial charge on any atom is -0.490 e. The molecule has 0 aliphatic heterocycles. The van der Waals surface area contributed by atoms with Crippen LogP contribution in [0.3, 0.4) is 0 Å². The molecule has 0 amide bonds. The molecule has 0 atom stereocenters. The van der Waals surface area contributed by atoms with Crippen molar-refractivity contribution in [2.24, 2.45) is 0 Å². The van der Waals surface area contributed by atoms with Crippen LogP contribution in [0.5, 0.6) is 11.5 Å². The highest BCUT2D eigenvalue weighted by atomic mass is 16.5. The molecule has 0 fully saturated rings. The van der Waals surface area contributed by atoms with Gasteiger partial charge in [0.15, 0.2) is 11.5 Å². The van der Waals surface area contributed by atoms with Gasteiger partial charge in [-0.25, -0.2) is 0 Å². The number of rotatable bonds is 16. The average molecular weight is 615 g/mol. The van der Waals surface area contributed by atoms with Crippen molar-refractivity contribution in [3.63, 3.8) is 0 Å². The van der Waals surface area contributed by atoms with Gasteiger partial charge in [-0.05, 0) is 82.9 Å². The summed E-state index contributed by atoms with van der Waals surface area (Å²) in [6.07, 6.45) is 14.9. The van der Waals surface area contributed by atoms with Crippen molar-refractivity contribution in [3.8, 4) is 11.5 Å². The van der Waals surface area contributed by atoms with E-state index in [1.807, 2.05) is 0 Å². The molecule has 7 rings (SSSR count). The lowest BCUT2D eigenvalue weighted by Gasteiger charge is -2.14. The molecule has 238 valence electrons. The van der Waals surface area contributed by atoms with E-state index in [-0.39, 0.29) is 0 Å². The summed E-state index contributed by atoms with van der Waals surface area (Å²) < 4.78 is 25.7. The summed E-state index contributed by atoms with van der Waals surface area (Å²) in [7, 11) is 0. The van der Waals surface area contributed by atoms with Gasteiger partial charge in [-0.2, -0.15) is 0 Å². The van der Waals surface area contributed by atoms with E-state index in [1.54, 1.807) is 0 Å². The molecule has 7 aromatic rings. The zero-order valence-electron chi connectivity index (χ0n) is 27.5. The van der Waals surface area contributed by atoms with Gasteiger partial charge in [0, 0.05) is 21.5 Å². The number of hydrogen-bond acceptors (Lipinski definition) is 4. The predicted octanol–water partition coefficient (Wildman–Crippen LogP) is 13.3. The third-order valence-electron chi connectivity index (χ3n) is 9.46. The standard InChI is InChI=1S/C42H46O4/c1-3-5-7-9-11-15-19-43-41-25-31-22-34-36-28-39-35(33-21-29-17-13-14-18-30(29)23-37(33)45-39)27-40(36)46-38(34)24-32(31)26-42(41)44-20-16-12-10-8-6-4-2/h13-14,17-18,21-28H,3-12,15-16,19-20H2,1-2H3. The summed E-state index contributed by atoms with van der Waals surface area (Å²) >= 11 is 0. The van der Waals surface area contributed by atoms with Crippen LogP contribution in [0.1, 0.15) is 90.9 Å². The van der Waals surface area contributed by atoms with Gasteiger partial charge in [-0.3, -0.25) is 0 Å². The van der Waals surface area contributed by atoms with E-state index in [1.165, 1.54) is 75.0 Å². The summed E-state index contributed by atoms with van der Waals surface area (Å²) in [6.45, 7) is 5.94. The smallest absolute Gasteiger partial charge is 0.161 e. The first-order valence-electron chi connectivity index (χ1n) is 17.7. The lowest BCUT2D eigenvalue weighted by molar-refractivity contribution is 0.259. The van der Waals surface area contributed by atoms with E-state index in [0.29, 0.717) is 13.2 Å². The van der Waals surface area contributed by atoms with E-state index < -0.39 is 0 Å². The lowest BCUT2D eigenvalue weighted by atomic mass is 10.0. The molecule has 0 spiro atoms. The summed E-state index contributed by atoms with van der Waals surface area (Å²) in [5.41, 5.74) is 3.51. The second-order valence-electron chi connectivity index (χ2n) is 13.0. The highest BCUT2D eigenvalue weighted by Crippen LogP contribution is 2.41. The van der Waals surface area contributed by atoms with Crippen molar-refractivity contribution in [1.82, 2.24) is 0 Å². The van der Waals surface area contributed by atoms with Crippen LogP contribution in [0.15, 0.2) is 81.6 Å². The third kappa shape index (κ3) is 6.40. The van der Waals surface area contributed by atoms with E-state index in [0.717, 1.165) is 79.0 Å². The molecular formula is C42H46O4. The van der Waals surface area contributed by atoms with Crippen LogP contribution in [0.25, 0.3) is 65.4 Å². The molecule has 0 unspecified atom stereocenters. The number of fused-ring (bicyclic) bond motifs is 8. The Bertz CT molecular complexity index is 2100. The van der Waals surface area contributed by atoms with E-state index in [4.69, 9.17) is 18.3 Å². The van der Waals surface area contributed by atoms with Crippen LogP contribution in [-0.4, -0.2) is 13.2 Å². The number of ether oxygens (including phenoxy) is 2. The second kappa shape index (κ2) is 14.1. The molecular weight excluding hydrogens is 568 g/mol. The van der Waals surface area contributed by atoms with Gasteiger partial charge >= 0.3 is 0 Å². The van der Waals surface area contributed by atoms with Crippen LogP contribution >= 0.6 is 0 Å². The Morgan fingerprint density at radius 2 is 0.804 bits per heavy atom. The first kappa shape index (κ1) is 30.5. The first-order chi connectivity index (χ1) is 22.7. The third-order valence-corrected chi connectivity index (χ3v) is 9.46. The van der Waals surface area contributed by atoms with E-state index in [9.17, 15) is 0 Å². The van der Waals surface area contributed by atoms with Crippen molar-refractivity contribution < 1.29 is 18.3 Å². The van der Waals surface area contributed by atoms with Gasteiger partial charge in [0.2, 0.25) is 0 Å². The number of hydrogen-bond donors (Lipinski definition) is 0. The van der Waals surface area contributed by atoms with Crippen molar-refractivity contribution in [2.75, 3.05) is 13.2 Å². The molecule has 0 aliphatic rings. The van der Waals surface area contributed by atoms with Crippen molar-refractivity contribution in [3.05, 3.63) is 72.8 Å². The Hall–Kier alpha value is -4.18. The summed E-state index contributed by atoms with van der Waals surface area (Å²) in [5.74, 6) is 1.67. The quantitative estimate of drug-likeness (QED) is 0.102. The Morgan fingerprint density at radius 3 is 1.35 bits per heavy atom. The van der Waals surface area contributed by atoms with Crippen LogP contribution in [0.4, 0.5) is 0 Å². The van der Waals surface area contributed by atoms with Gasteiger partial charge in [0.25, 0.3) is 0 Å². The minimum absolute atomic E-state index is 0.709. The fraction of sp³-hybridized carbons (Fsp3) is 0.381. The van der Waals surface area contributed by atoms with Crippen LogP contribution < -0.4 is 9.47 Å². The summed E-state index contributed by atoms with van der Waals surface area (Å²) in [5, 5.41) is 8.93. The maximum atomic E-state index is 6.50. The fourth-order valence-electron chi connectivity index (χ4n) is 6.84. The monoisotopic (exact) mass is 614 g/mol. The highest BCUT2D eigenvalue weighted by molar-refractivity contribution is 6.18. The van der Waals surface area contributed by atoms with Crippen LogP contribution in [-0.2, 0) is 0 Å². The van der Waals surface area contributed by atoms with Crippen LogP contribution in [0, 0.1) is 0 Å². The molecule has 5 aromatic carbocycles. The molecule has 4 nitrogen and oxygen atoms in total. The normalized spacial score (nSPS) is 12.0. The van der Waals surface area contributed by atoms with Crippen molar-refractivity contribution in [2.45, 2.75) is 90.9 Å². The highest BCUT2D eigenvalue weighted by Gasteiger charge is 2.16. The maximum Gasteiger partial charge on any atom is 0.161 e. The number of unbranched alkanes of at least 4 members (excludes halogenated alkanes) is 10. The van der Waals surface area contributed by atoms with Crippen LogP contribution in [0.2, 0.25) is 0 Å². The van der Waals surface area contributed by atoms with Gasteiger partial charge in [-0.15, -0.1) is 0 Å². The van der Waals surface area contributed by atoms with Crippen molar-refractivity contribution >= 4 is 65.4 Å². The molecule has 2 heterocycles. The molecule has 0 saturated heterocycles. The summed E-state index contributed by atoms with van der Waals surface area (Å²) in [6, 6.07) is 25.7. The van der Waals surface area contributed by atoms with E-state index in [2.05, 4.69) is 86.6 Å². The Kier molecular flexibility index (Phi) is 9.32. The maximum absolute atomic E-state index is 6.50. The summed E-state index contributed by atoms with van der Waals surface area (Å²) in [4.78, 5) is 0. The number of furan rings is 2. The second-order valence-corrected chi connectivity index (χ2v) is 13.0. The largest absolute Gasteiger partial charge is 0.490 e. The topological polar surface area (TPSA) is 44.7 Å². The lowest BCUT2D eigenvalue weighted by Crippen LogP contribution is -2.03. The van der Waals surface area contributed by atoms with E-state index >= 15 is 0 Å². The van der Waals surface area contributed by atoms with Crippen molar-refractivity contribution in [1.29, 1.82) is 0 Å². The molecule has 2 aromatic heterocycles. The molecule has 0 aliphatic carbocycles. The number of benzene rings is 5. The molecule has 0 N–H and O–H groups in total. The minimum atomic E-state index is 0.709. The molecule has 0 saturated carbocycles. The zero-order chi connectivity index (χ0) is 31.3. The van der Waals surface area contributed by atoms with Gasteiger partial charge in [0.05, 0.1) is 13.2 Å². The molecule has 4 heteroatoms. The Morgan fingerprint density at radius 1 is 0.413 bits per heavy atom. The Balaban J connectivity index is 1.20.